The molecular weight excluding hydrogens is 205 g/mol. The van der Waals surface area contributed by atoms with Crippen molar-refractivity contribution in [2.24, 2.45) is 0 Å². The molecule has 0 aliphatic rings. The summed E-state index contributed by atoms with van der Waals surface area (Å²) in [4.78, 5) is 3.79. The lowest BCUT2D eigenvalue weighted by Gasteiger charge is -2.02. The second-order valence-corrected chi connectivity index (χ2v) is 3.29. The summed E-state index contributed by atoms with van der Waals surface area (Å²) in [5.74, 6) is -1.32. The van der Waals surface area contributed by atoms with Crippen LogP contribution in [0.5, 0.6) is 0 Å². The van der Waals surface area contributed by atoms with Gasteiger partial charge in [-0.05, 0) is 6.92 Å². The highest BCUT2D eigenvalue weighted by molar-refractivity contribution is 5.77. The lowest BCUT2D eigenvalue weighted by molar-refractivity contribution is 0.449. The maximum atomic E-state index is 13.5. The highest BCUT2D eigenvalue weighted by atomic mass is 19.1. The van der Waals surface area contributed by atoms with E-state index >= 15 is 0 Å². The van der Waals surface area contributed by atoms with Crippen LogP contribution in [0.2, 0.25) is 0 Å². The van der Waals surface area contributed by atoms with Crippen LogP contribution in [0.3, 0.4) is 0 Å². The maximum absolute atomic E-state index is 13.5. The molecule has 0 N–H and O–H groups in total. The van der Waals surface area contributed by atoms with Crippen molar-refractivity contribution in [3.63, 3.8) is 0 Å². The van der Waals surface area contributed by atoms with Gasteiger partial charge in [-0.2, -0.15) is 0 Å². The summed E-state index contributed by atoms with van der Waals surface area (Å²) in [6.07, 6.45) is 1.31. The normalized spacial score (nSPS) is 11.2. The summed E-state index contributed by atoms with van der Waals surface area (Å²) < 4.78 is 40.3. The minimum Gasteiger partial charge on any atom is -0.328 e. The molecule has 2 rings (SSSR count). The van der Waals surface area contributed by atoms with Gasteiger partial charge in [0.25, 0.3) is 0 Å². The molecular formula is C10H9F3N2. The molecule has 80 valence electrons. The van der Waals surface area contributed by atoms with E-state index in [1.807, 2.05) is 0 Å². The Hall–Kier alpha value is -1.52. The summed E-state index contributed by atoms with van der Waals surface area (Å²) in [6, 6.07) is 1.18. The van der Waals surface area contributed by atoms with Crippen LogP contribution in [-0.4, -0.2) is 16.2 Å². The van der Waals surface area contributed by atoms with E-state index in [1.165, 1.54) is 23.9 Å². The van der Waals surface area contributed by atoms with E-state index in [1.54, 1.807) is 0 Å². The van der Waals surface area contributed by atoms with Crippen LogP contribution in [0.1, 0.15) is 5.56 Å². The number of aromatic nitrogens is 2. The van der Waals surface area contributed by atoms with Crippen molar-refractivity contribution in [3.05, 3.63) is 29.6 Å². The number of benzene rings is 1. The van der Waals surface area contributed by atoms with Crippen molar-refractivity contribution in [1.29, 1.82) is 0 Å². The first-order valence-corrected chi connectivity index (χ1v) is 4.50. The summed E-state index contributed by atoms with van der Waals surface area (Å²) in [6.45, 7) is 0.805. The van der Waals surface area contributed by atoms with Gasteiger partial charge >= 0.3 is 0 Å². The molecule has 0 spiro atoms. The monoisotopic (exact) mass is 214 g/mol. The van der Waals surface area contributed by atoms with Gasteiger partial charge in [-0.1, -0.05) is 0 Å². The molecule has 15 heavy (non-hydrogen) atoms. The van der Waals surface area contributed by atoms with E-state index < -0.39 is 18.3 Å². The third-order valence-corrected chi connectivity index (χ3v) is 2.36. The average Bonchev–Trinajstić information content (AvgIpc) is 2.59. The number of nitrogens with zero attached hydrogens (tertiary/aromatic N) is 2. The van der Waals surface area contributed by atoms with Gasteiger partial charge in [-0.25, -0.2) is 18.2 Å². The summed E-state index contributed by atoms with van der Waals surface area (Å²) in [5, 5.41) is 0. The lowest BCUT2D eigenvalue weighted by Crippen LogP contribution is -1.99. The molecule has 5 heteroatoms. The predicted octanol–water partition coefficient (Wildman–Crippen LogP) is 2.59. The third-order valence-electron chi connectivity index (χ3n) is 2.36. The van der Waals surface area contributed by atoms with Crippen molar-refractivity contribution in [3.8, 4) is 0 Å². The Morgan fingerprint density at radius 2 is 2.13 bits per heavy atom. The average molecular weight is 214 g/mol. The Labute approximate surface area is 84.3 Å². The largest absolute Gasteiger partial charge is 0.328 e. The maximum Gasteiger partial charge on any atom is 0.156 e. The number of hydrogen-bond acceptors (Lipinski definition) is 1. The van der Waals surface area contributed by atoms with E-state index in [9.17, 15) is 13.2 Å². The molecule has 0 aliphatic carbocycles. The highest BCUT2D eigenvalue weighted by Crippen LogP contribution is 2.22. The van der Waals surface area contributed by atoms with Gasteiger partial charge in [-0.15, -0.1) is 0 Å². The molecule has 1 aromatic heterocycles. The molecule has 0 bridgehead atoms. The second kappa shape index (κ2) is 3.56. The zero-order valence-corrected chi connectivity index (χ0v) is 8.10. The number of rotatable bonds is 2. The van der Waals surface area contributed by atoms with Gasteiger partial charge in [-0.3, -0.25) is 0 Å². The standard InChI is InChI=1S/C10H9F3N2/c1-6-7(12)4-8-10(9(6)13)14-5-15(8)3-2-11/h4-5H,2-3H2,1H3. The molecule has 0 aliphatic heterocycles. The van der Waals surface area contributed by atoms with Gasteiger partial charge < -0.3 is 4.57 Å². The van der Waals surface area contributed by atoms with E-state index in [4.69, 9.17) is 0 Å². The van der Waals surface area contributed by atoms with Crippen LogP contribution < -0.4 is 0 Å². The molecule has 0 saturated carbocycles. The van der Waals surface area contributed by atoms with Crippen molar-refractivity contribution >= 4 is 11.0 Å². The van der Waals surface area contributed by atoms with Crippen molar-refractivity contribution < 1.29 is 13.2 Å². The summed E-state index contributed by atoms with van der Waals surface area (Å²) in [5.41, 5.74) is 0.309. The van der Waals surface area contributed by atoms with E-state index in [0.717, 1.165) is 0 Å². The van der Waals surface area contributed by atoms with Crippen LogP contribution >= 0.6 is 0 Å². The van der Waals surface area contributed by atoms with Crippen LogP contribution in [0, 0.1) is 18.6 Å². The molecule has 0 amide bonds. The van der Waals surface area contributed by atoms with Crippen molar-refractivity contribution in [2.75, 3.05) is 6.67 Å². The first kappa shape index (κ1) is 10.0. The van der Waals surface area contributed by atoms with Crippen LogP contribution in [0.4, 0.5) is 13.2 Å². The second-order valence-electron chi connectivity index (χ2n) is 3.29. The van der Waals surface area contributed by atoms with Crippen molar-refractivity contribution in [1.82, 2.24) is 9.55 Å². The van der Waals surface area contributed by atoms with Crippen LogP contribution in [0.25, 0.3) is 11.0 Å². The molecule has 0 atom stereocenters. The minimum absolute atomic E-state index is 0.0540. The number of hydrogen-bond donors (Lipinski definition) is 0. The van der Waals surface area contributed by atoms with Crippen LogP contribution in [0.15, 0.2) is 12.4 Å². The van der Waals surface area contributed by atoms with Gasteiger partial charge in [0.05, 0.1) is 18.4 Å². The molecule has 1 heterocycles. The SMILES string of the molecule is Cc1c(F)cc2c(ncn2CCF)c1F. The van der Waals surface area contributed by atoms with Gasteiger partial charge in [0.15, 0.2) is 5.82 Å². The number of halogens is 3. The number of alkyl halides is 1. The molecule has 2 nitrogen and oxygen atoms in total. The van der Waals surface area contributed by atoms with Gasteiger partial charge in [0.1, 0.15) is 18.0 Å². The van der Waals surface area contributed by atoms with E-state index in [-0.39, 0.29) is 23.1 Å². The smallest absolute Gasteiger partial charge is 0.156 e. The number of aryl methyl sites for hydroxylation is 1. The zero-order valence-electron chi connectivity index (χ0n) is 8.10. The fraction of sp³-hybridized carbons (Fsp3) is 0.300. The molecule has 0 radical (unpaired) electrons. The van der Waals surface area contributed by atoms with E-state index in [0.29, 0.717) is 0 Å². The first-order valence-electron chi connectivity index (χ1n) is 4.50. The summed E-state index contributed by atoms with van der Waals surface area (Å²) in [7, 11) is 0. The fourth-order valence-electron chi connectivity index (χ4n) is 1.49. The Morgan fingerprint density at radius 1 is 1.40 bits per heavy atom. The molecule has 0 saturated heterocycles. The van der Waals surface area contributed by atoms with Crippen molar-refractivity contribution in [2.45, 2.75) is 13.5 Å². The fourth-order valence-corrected chi connectivity index (χ4v) is 1.49. The Morgan fingerprint density at radius 3 is 2.80 bits per heavy atom. The molecule has 1 aromatic carbocycles. The van der Waals surface area contributed by atoms with Gasteiger partial charge in [0.2, 0.25) is 0 Å². The highest BCUT2D eigenvalue weighted by Gasteiger charge is 2.13. The third kappa shape index (κ3) is 1.48. The quantitative estimate of drug-likeness (QED) is 0.751. The van der Waals surface area contributed by atoms with Gasteiger partial charge in [0, 0.05) is 11.6 Å². The Kier molecular flexibility index (Phi) is 2.38. The predicted molar refractivity (Wildman–Crippen MR) is 50.4 cm³/mol. The van der Waals surface area contributed by atoms with Crippen LogP contribution in [-0.2, 0) is 6.54 Å². The van der Waals surface area contributed by atoms with E-state index in [2.05, 4.69) is 4.98 Å². The topological polar surface area (TPSA) is 17.8 Å². The Balaban J connectivity index is 2.71. The number of fused-ring (bicyclic) bond motifs is 1. The zero-order chi connectivity index (χ0) is 11.0. The molecule has 0 fully saturated rings. The lowest BCUT2D eigenvalue weighted by atomic mass is 10.2. The minimum atomic E-state index is -0.678. The Bertz CT molecular complexity index is 505. The molecule has 0 unspecified atom stereocenters. The summed E-state index contributed by atoms with van der Waals surface area (Å²) >= 11 is 0. The molecule has 2 aromatic rings. The first-order chi connectivity index (χ1) is 7.15. The number of imidazole rings is 1.